The molecule has 0 saturated carbocycles. The summed E-state index contributed by atoms with van der Waals surface area (Å²) < 4.78 is 5.79. The number of hydrogen-bond acceptors (Lipinski definition) is 3. The second-order valence-corrected chi connectivity index (χ2v) is 7.08. The molecule has 0 bridgehead atoms. The molecule has 2 aromatic carbocycles. The molecule has 0 aliphatic carbocycles. The molecule has 1 aliphatic rings. The lowest BCUT2D eigenvalue weighted by atomic mass is 9.95. The van der Waals surface area contributed by atoms with Crippen molar-refractivity contribution in [3.63, 3.8) is 0 Å². The quantitative estimate of drug-likeness (QED) is 0.631. The second kappa shape index (κ2) is 8.70. The fourth-order valence-electron chi connectivity index (χ4n) is 3.67. The van der Waals surface area contributed by atoms with Crippen molar-refractivity contribution in [1.82, 2.24) is 9.88 Å². The Morgan fingerprint density at radius 1 is 0.964 bits per heavy atom. The Labute approximate surface area is 165 Å². The van der Waals surface area contributed by atoms with Gasteiger partial charge in [-0.05, 0) is 42.5 Å². The lowest BCUT2D eigenvalue weighted by molar-refractivity contribution is 0.0611. The van der Waals surface area contributed by atoms with Gasteiger partial charge >= 0.3 is 0 Å². The first-order chi connectivity index (χ1) is 13.8. The molecular formula is C24H24N2O2. The van der Waals surface area contributed by atoms with Crippen LogP contribution in [0.4, 0.5) is 0 Å². The van der Waals surface area contributed by atoms with E-state index in [2.05, 4.69) is 4.98 Å². The third-order valence-corrected chi connectivity index (χ3v) is 5.16. The SMILES string of the molecule is O=C(c1ccccc1)N1CCCC[C@@H]1c1ccc(OCc2ccccc2)nc1. The number of likely N-dealkylation sites (tertiary alicyclic amines) is 1. The van der Waals surface area contributed by atoms with Crippen LogP contribution < -0.4 is 4.74 Å². The summed E-state index contributed by atoms with van der Waals surface area (Å²) >= 11 is 0. The van der Waals surface area contributed by atoms with Crippen LogP contribution in [0.25, 0.3) is 0 Å². The first-order valence-electron chi connectivity index (χ1n) is 9.80. The van der Waals surface area contributed by atoms with E-state index >= 15 is 0 Å². The zero-order valence-electron chi connectivity index (χ0n) is 15.8. The summed E-state index contributed by atoms with van der Waals surface area (Å²) in [4.78, 5) is 19.5. The Hall–Kier alpha value is -3.14. The van der Waals surface area contributed by atoms with Crippen LogP contribution in [0, 0.1) is 0 Å². The van der Waals surface area contributed by atoms with Gasteiger partial charge < -0.3 is 9.64 Å². The molecular weight excluding hydrogens is 348 g/mol. The molecule has 3 aromatic rings. The molecule has 1 aromatic heterocycles. The van der Waals surface area contributed by atoms with Gasteiger partial charge in [-0.25, -0.2) is 4.98 Å². The number of carbonyl (C=O) groups is 1. The zero-order valence-corrected chi connectivity index (χ0v) is 15.8. The molecule has 4 nitrogen and oxygen atoms in total. The molecule has 4 heteroatoms. The molecule has 1 aliphatic heterocycles. The van der Waals surface area contributed by atoms with Gasteiger partial charge in [-0.1, -0.05) is 54.6 Å². The van der Waals surface area contributed by atoms with Gasteiger partial charge in [0.1, 0.15) is 6.61 Å². The van der Waals surface area contributed by atoms with E-state index in [4.69, 9.17) is 4.74 Å². The largest absolute Gasteiger partial charge is 0.473 e. The summed E-state index contributed by atoms with van der Waals surface area (Å²) in [7, 11) is 0. The van der Waals surface area contributed by atoms with Crippen molar-refractivity contribution in [2.45, 2.75) is 31.9 Å². The highest BCUT2D eigenvalue weighted by atomic mass is 16.5. The van der Waals surface area contributed by atoms with Crippen LogP contribution in [0.3, 0.4) is 0 Å². The van der Waals surface area contributed by atoms with Crippen LogP contribution in [0.2, 0.25) is 0 Å². The third kappa shape index (κ3) is 4.22. The number of piperidine rings is 1. The molecule has 1 fully saturated rings. The molecule has 2 heterocycles. The van der Waals surface area contributed by atoms with Crippen molar-refractivity contribution >= 4 is 5.91 Å². The smallest absolute Gasteiger partial charge is 0.254 e. The Kier molecular flexibility index (Phi) is 5.66. The van der Waals surface area contributed by atoms with Crippen LogP contribution in [0.5, 0.6) is 5.88 Å². The van der Waals surface area contributed by atoms with Gasteiger partial charge in [-0.2, -0.15) is 0 Å². The van der Waals surface area contributed by atoms with E-state index in [1.165, 1.54) is 0 Å². The molecule has 28 heavy (non-hydrogen) atoms. The maximum absolute atomic E-state index is 13.0. The van der Waals surface area contributed by atoms with Gasteiger partial charge in [-0.3, -0.25) is 4.79 Å². The summed E-state index contributed by atoms with van der Waals surface area (Å²) in [6.07, 6.45) is 4.97. The van der Waals surface area contributed by atoms with Crippen LogP contribution in [-0.2, 0) is 6.61 Å². The number of hydrogen-bond donors (Lipinski definition) is 0. The summed E-state index contributed by atoms with van der Waals surface area (Å²) in [6, 6.07) is 23.6. The van der Waals surface area contributed by atoms with Gasteiger partial charge in [-0.15, -0.1) is 0 Å². The van der Waals surface area contributed by atoms with Crippen LogP contribution in [-0.4, -0.2) is 22.3 Å². The molecule has 0 N–H and O–H groups in total. The topological polar surface area (TPSA) is 42.4 Å². The van der Waals surface area contributed by atoms with E-state index in [0.717, 1.165) is 42.5 Å². The van der Waals surface area contributed by atoms with Crippen LogP contribution in [0.1, 0.15) is 46.8 Å². The van der Waals surface area contributed by atoms with Crippen LogP contribution in [0.15, 0.2) is 79.0 Å². The minimum atomic E-state index is 0.0668. The Morgan fingerprint density at radius 2 is 1.71 bits per heavy atom. The summed E-state index contributed by atoms with van der Waals surface area (Å²) in [5.41, 5.74) is 2.92. The maximum Gasteiger partial charge on any atom is 0.254 e. The first kappa shape index (κ1) is 18.2. The highest BCUT2D eigenvalue weighted by molar-refractivity contribution is 5.94. The van der Waals surface area contributed by atoms with E-state index in [9.17, 15) is 4.79 Å². The highest BCUT2D eigenvalue weighted by Crippen LogP contribution is 2.32. The van der Waals surface area contributed by atoms with Crippen molar-refractivity contribution < 1.29 is 9.53 Å². The summed E-state index contributed by atoms with van der Waals surface area (Å²) in [5.74, 6) is 0.694. The fraction of sp³-hybridized carbons (Fsp3) is 0.250. The number of rotatable bonds is 5. The predicted octanol–water partition coefficient (Wildman–Crippen LogP) is 5.03. The minimum absolute atomic E-state index is 0.0668. The monoisotopic (exact) mass is 372 g/mol. The maximum atomic E-state index is 13.0. The Morgan fingerprint density at radius 3 is 2.43 bits per heavy atom. The molecule has 142 valence electrons. The summed E-state index contributed by atoms with van der Waals surface area (Å²) in [5, 5.41) is 0. The van der Waals surface area contributed by atoms with E-state index in [0.29, 0.717) is 12.5 Å². The van der Waals surface area contributed by atoms with Gasteiger partial charge in [0, 0.05) is 24.4 Å². The molecule has 0 spiro atoms. The number of aromatic nitrogens is 1. The molecule has 1 saturated heterocycles. The Bertz CT molecular complexity index is 895. The summed E-state index contributed by atoms with van der Waals surface area (Å²) in [6.45, 7) is 1.28. The lowest BCUT2D eigenvalue weighted by Gasteiger charge is -2.36. The number of pyridine rings is 1. The van der Waals surface area contributed by atoms with E-state index in [1.54, 1.807) is 0 Å². The normalized spacial score (nSPS) is 16.6. The zero-order chi connectivity index (χ0) is 19.2. The number of ether oxygens (including phenoxy) is 1. The number of benzene rings is 2. The average Bonchev–Trinajstić information content (AvgIpc) is 2.79. The van der Waals surface area contributed by atoms with E-state index < -0.39 is 0 Å². The van der Waals surface area contributed by atoms with Crippen molar-refractivity contribution in [1.29, 1.82) is 0 Å². The highest BCUT2D eigenvalue weighted by Gasteiger charge is 2.28. The fourth-order valence-corrected chi connectivity index (χ4v) is 3.67. The third-order valence-electron chi connectivity index (χ3n) is 5.16. The lowest BCUT2D eigenvalue weighted by Crippen LogP contribution is -2.38. The molecule has 0 unspecified atom stereocenters. The van der Waals surface area contributed by atoms with Crippen LogP contribution >= 0.6 is 0 Å². The number of nitrogens with zero attached hydrogens (tertiary/aromatic N) is 2. The van der Waals surface area contributed by atoms with Gasteiger partial charge in [0.15, 0.2) is 0 Å². The second-order valence-electron chi connectivity index (χ2n) is 7.08. The predicted molar refractivity (Wildman–Crippen MR) is 109 cm³/mol. The van der Waals surface area contributed by atoms with Gasteiger partial charge in [0.25, 0.3) is 5.91 Å². The molecule has 1 amide bonds. The van der Waals surface area contributed by atoms with Crippen molar-refractivity contribution in [3.05, 3.63) is 95.7 Å². The van der Waals surface area contributed by atoms with Gasteiger partial charge in [0.2, 0.25) is 5.88 Å². The number of amides is 1. The first-order valence-corrected chi connectivity index (χ1v) is 9.80. The van der Waals surface area contributed by atoms with Crippen molar-refractivity contribution in [3.8, 4) is 5.88 Å². The van der Waals surface area contributed by atoms with Gasteiger partial charge in [0.05, 0.1) is 6.04 Å². The number of carbonyl (C=O) groups excluding carboxylic acids is 1. The average molecular weight is 372 g/mol. The molecule has 0 radical (unpaired) electrons. The van der Waals surface area contributed by atoms with E-state index in [1.807, 2.05) is 83.9 Å². The molecule has 4 rings (SSSR count). The van der Waals surface area contributed by atoms with E-state index in [-0.39, 0.29) is 11.9 Å². The van der Waals surface area contributed by atoms with Crippen molar-refractivity contribution in [2.75, 3.05) is 6.54 Å². The Balaban J connectivity index is 1.46. The standard InChI is InChI=1S/C24H24N2O2/c27-24(20-11-5-2-6-12-20)26-16-8-7-13-22(26)21-14-15-23(25-17-21)28-18-19-9-3-1-4-10-19/h1-6,9-12,14-15,17,22H,7-8,13,16,18H2/t22-/m1/s1. The van der Waals surface area contributed by atoms with Crippen molar-refractivity contribution in [2.24, 2.45) is 0 Å². The minimum Gasteiger partial charge on any atom is -0.473 e. The molecule has 1 atom stereocenters.